The molecule has 1 fully saturated rings. The Morgan fingerprint density at radius 1 is 1.30 bits per heavy atom. The van der Waals surface area contributed by atoms with Crippen LogP contribution in [0.3, 0.4) is 0 Å². The average Bonchev–Trinajstić information content (AvgIpc) is 3.34. The molecule has 3 heterocycles. The molecule has 1 atom stereocenters. The van der Waals surface area contributed by atoms with Crippen molar-refractivity contribution < 1.29 is 9.90 Å². The fourth-order valence-corrected chi connectivity index (χ4v) is 4.01. The summed E-state index contributed by atoms with van der Waals surface area (Å²) in [6, 6.07) is 10.2. The van der Waals surface area contributed by atoms with E-state index in [1.807, 2.05) is 35.5 Å². The maximum absolute atomic E-state index is 12.8. The maximum atomic E-state index is 12.8. The lowest BCUT2D eigenvalue weighted by Gasteiger charge is -2.32. The van der Waals surface area contributed by atoms with Crippen LogP contribution < -0.4 is 0 Å². The van der Waals surface area contributed by atoms with Crippen LogP contribution in [0.5, 0.6) is 0 Å². The lowest BCUT2D eigenvalue weighted by molar-refractivity contribution is -0.132. The van der Waals surface area contributed by atoms with E-state index in [0.717, 1.165) is 43.6 Å². The van der Waals surface area contributed by atoms with Gasteiger partial charge < -0.3 is 15.0 Å². The van der Waals surface area contributed by atoms with Gasteiger partial charge in [-0.2, -0.15) is 5.10 Å². The number of nitrogens with one attached hydrogen (secondary N) is 1. The van der Waals surface area contributed by atoms with Gasteiger partial charge in [-0.25, -0.2) is 0 Å². The number of nitrogens with zero attached hydrogens (tertiary/aromatic N) is 3. The number of aromatic amines is 1. The molecule has 1 aliphatic rings. The number of carbonyl (C=O) groups excluding carboxylic acids is 1. The van der Waals surface area contributed by atoms with E-state index >= 15 is 0 Å². The number of fused-ring (bicyclic) bond motifs is 1. The minimum Gasteiger partial charge on any atom is -0.394 e. The summed E-state index contributed by atoms with van der Waals surface area (Å²) in [6.45, 7) is 2.17. The summed E-state index contributed by atoms with van der Waals surface area (Å²) in [4.78, 5) is 18.0. The Bertz CT molecular complexity index is 914. The van der Waals surface area contributed by atoms with E-state index < -0.39 is 0 Å². The molecule has 0 saturated carbocycles. The van der Waals surface area contributed by atoms with Crippen LogP contribution in [-0.4, -0.2) is 50.4 Å². The van der Waals surface area contributed by atoms with Crippen LogP contribution in [0.1, 0.15) is 36.4 Å². The summed E-state index contributed by atoms with van der Waals surface area (Å²) >= 11 is 0. The SMILES string of the molecule is O=C(CCc1c[nH]c2ccccc12)N1CCC[C@H](c2ccn(CCO)n2)C1. The third-order valence-corrected chi connectivity index (χ3v) is 5.47. The number of carbonyl (C=O) groups is 1. The van der Waals surface area contributed by atoms with Crippen molar-refractivity contribution in [2.75, 3.05) is 19.7 Å². The molecule has 1 amide bonds. The van der Waals surface area contributed by atoms with Crippen molar-refractivity contribution in [2.45, 2.75) is 38.1 Å². The van der Waals surface area contributed by atoms with Crippen molar-refractivity contribution >= 4 is 16.8 Å². The summed E-state index contributed by atoms with van der Waals surface area (Å²) in [5.74, 6) is 0.510. The first-order valence-corrected chi connectivity index (χ1v) is 9.71. The molecule has 0 spiro atoms. The minimum atomic E-state index is 0.0875. The molecule has 4 rings (SSSR count). The van der Waals surface area contributed by atoms with Crippen molar-refractivity contribution in [3.8, 4) is 0 Å². The normalized spacial score (nSPS) is 17.5. The second-order valence-electron chi connectivity index (χ2n) is 7.27. The van der Waals surface area contributed by atoms with Crippen LogP contribution in [0.2, 0.25) is 0 Å². The number of aliphatic hydroxyl groups excluding tert-OH is 1. The molecule has 2 aromatic heterocycles. The summed E-state index contributed by atoms with van der Waals surface area (Å²) in [5.41, 5.74) is 3.35. The predicted molar refractivity (Wildman–Crippen MR) is 104 cm³/mol. The molecule has 0 unspecified atom stereocenters. The van der Waals surface area contributed by atoms with Crippen molar-refractivity contribution in [3.63, 3.8) is 0 Å². The van der Waals surface area contributed by atoms with Gasteiger partial charge in [-0.3, -0.25) is 9.48 Å². The Balaban J connectivity index is 1.36. The molecule has 0 bridgehead atoms. The molecule has 0 aliphatic carbocycles. The minimum absolute atomic E-state index is 0.0875. The molecule has 2 N–H and O–H groups in total. The third kappa shape index (κ3) is 3.90. The highest BCUT2D eigenvalue weighted by molar-refractivity contribution is 5.84. The van der Waals surface area contributed by atoms with Gasteiger partial charge in [0.05, 0.1) is 18.8 Å². The van der Waals surface area contributed by atoms with Gasteiger partial charge in [0.15, 0.2) is 0 Å². The summed E-state index contributed by atoms with van der Waals surface area (Å²) in [5, 5.41) is 14.8. The molecule has 3 aromatic rings. The van der Waals surface area contributed by atoms with Gasteiger partial charge in [0, 0.05) is 48.7 Å². The molecule has 1 aromatic carbocycles. The van der Waals surface area contributed by atoms with Gasteiger partial charge in [0.1, 0.15) is 0 Å². The van der Waals surface area contributed by atoms with Crippen LogP contribution >= 0.6 is 0 Å². The van der Waals surface area contributed by atoms with Crippen LogP contribution in [0.25, 0.3) is 10.9 Å². The average molecular weight is 366 g/mol. The number of piperidine rings is 1. The number of aryl methyl sites for hydroxylation is 1. The fourth-order valence-electron chi connectivity index (χ4n) is 4.01. The van der Waals surface area contributed by atoms with Crippen LogP contribution in [0.4, 0.5) is 0 Å². The van der Waals surface area contributed by atoms with Crippen molar-refractivity contribution in [3.05, 3.63) is 54.0 Å². The lowest BCUT2D eigenvalue weighted by atomic mass is 9.94. The number of likely N-dealkylation sites (tertiary alicyclic amines) is 1. The first-order valence-electron chi connectivity index (χ1n) is 9.71. The monoisotopic (exact) mass is 366 g/mol. The molecular weight excluding hydrogens is 340 g/mol. The Morgan fingerprint density at radius 3 is 3.07 bits per heavy atom. The Morgan fingerprint density at radius 2 is 2.19 bits per heavy atom. The number of amides is 1. The van der Waals surface area contributed by atoms with Crippen LogP contribution in [-0.2, 0) is 17.8 Å². The summed E-state index contributed by atoms with van der Waals surface area (Å²) < 4.78 is 1.77. The topological polar surface area (TPSA) is 74.2 Å². The number of aromatic nitrogens is 3. The highest BCUT2D eigenvalue weighted by atomic mass is 16.3. The zero-order valence-electron chi connectivity index (χ0n) is 15.5. The van der Waals surface area contributed by atoms with E-state index in [1.165, 1.54) is 10.9 Å². The highest BCUT2D eigenvalue weighted by Crippen LogP contribution is 2.26. The fraction of sp³-hybridized carbons (Fsp3) is 0.429. The smallest absolute Gasteiger partial charge is 0.222 e. The van der Waals surface area contributed by atoms with Gasteiger partial charge in [-0.05, 0) is 37.0 Å². The van der Waals surface area contributed by atoms with Crippen molar-refractivity contribution in [1.29, 1.82) is 0 Å². The van der Waals surface area contributed by atoms with E-state index in [0.29, 0.717) is 13.0 Å². The van der Waals surface area contributed by atoms with Crippen LogP contribution in [0, 0.1) is 0 Å². The van der Waals surface area contributed by atoms with Gasteiger partial charge in [-0.1, -0.05) is 18.2 Å². The third-order valence-electron chi connectivity index (χ3n) is 5.47. The number of rotatable bonds is 6. The Hall–Kier alpha value is -2.60. The molecule has 6 heteroatoms. The second-order valence-corrected chi connectivity index (χ2v) is 7.27. The quantitative estimate of drug-likeness (QED) is 0.704. The summed E-state index contributed by atoms with van der Waals surface area (Å²) in [7, 11) is 0. The second kappa shape index (κ2) is 7.96. The predicted octanol–water partition coefficient (Wildman–Crippen LogP) is 2.70. The van der Waals surface area contributed by atoms with E-state index in [1.54, 1.807) is 4.68 Å². The molecule has 0 radical (unpaired) electrons. The highest BCUT2D eigenvalue weighted by Gasteiger charge is 2.26. The number of hydrogen-bond acceptors (Lipinski definition) is 3. The zero-order valence-corrected chi connectivity index (χ0v) is 15.5. The molecule has 6 nitrogen and oxygen atoms in total. The molecule has 1 saturated heterocycles. The first-order chi connectivity index (χ1) is 13.2. The van der Waals surface area contributed by atoms with Crippen LogP contribution in [0.15, 0.2) is 42.7 Å². The van der Waals surface area contributed by atoms with Gasteiger partial charge in [0.25, 0.3) is 0 Å². The Labute approximate surface area is 158 Å². The zero-order chi connectivity index (χ0) is 18.6. The molecule has 27 heavy (non-hydrogen) atoms. The van der Waals surface area contributed by atoms with Crippen molar-refractivity contribution in [1.82, 2.24) is 19.7 Å². The van der Waals surface area contributed by atoms with Crippen molar-refractivity contribution in [2.24, 2.45) is 0 Å². The number of H-pyrrole nitrogens is 1. The first kappa shape index (κ1) is 17.8. The van der Waals surface area contributed by atoms with E-state index in [9.17, 15) is 4.79 Å². The molecule has 142 valence electrons. The maximum Gasteiger partial charge on any atom is 0.222 e. The number of hydrogen-bond donors (Lipinski definition) is 2. The van der Waals surface area contributed by atoms with E-state index in [-0.39, 0.29) is 18.4 Å². The Kier molecular flexibility index (Phi) is 5.25. The van der Waals surface area contributed by atoms with Gasteiger partial charge in [-0.15, -0.1) is 0 Å². The standard InChI is InChI=1S/C21H26N4O2/c26-13-12-25-11-9-19(23-25)17-4-3-10-24(15-17)21(27)8-7-16-14-22-20-6-2-1-5-18(16)20/h1-2,5-6,9,11,14,17,22,26H,3-4,7-8,10,12-13,15H2/t17-/m0/s1. The van der Waals surface area contributed by atoms with Gasteiger partial charge >= 0.3 is 0 Å². The molecule has 1 aliphatic heterocycles. The van der Waals surface area contributed by atoms with Gasteiger partial charge in [0.2, 0.25) is 5.91 Å². The number of aliphatic hydroxyl groups is 1. The summed E-state index contributed by atoms with van der Waals surface area (Å²) in [6.07, 6.45) is 7.29. The van der Waals surface area contributed by atoms with E-state index in [4.69, 9.17) is 5.11 Å². The lowest BCUT2D eigenvalue weighted by Crippen LogP contribution is -2.39. The number of benzene rings is 1. The number of para-hydroxylation sites is 1. The van der Waals surface area contributed by atoms with E-state index in [2.05, 4.69) is 22.2 Å². The largest absolute Gasteiger partial charge is 0.394 e. The molecular formula is C21H26N4O2.